The summed E-state index contributed by atoms with van der Waals surface area (Å²) in [7, 11) is 0. The third-order valence-corrected chi connectivity index (χ3v) is 4.26. The van der Waals surface area contributed by atoms with Crippen molar-refractivity contribution in [1.82, 2.24) is 10.2 Å². The molecule has 0 radical (unpaired) electrons. The van der Waals surface area contributed by atoms with Gasteiger partial charge in [0.05, 0.1) is 3.79 Å². The fourth-order valence-electron chi connectivity index (χ4n) is 1.82. The van der Waals surface area contributed by atoms with Crippen LogP contribution in [-0.4, -0.2) is 37.6 Å². The van der Waals surface area contributed by atoms with Gasteiger partial charge in [0.25, 0.3) is 0 Å². The molecular weight excluding hydrogens is 284 g/mol. The van der Waals surface area contributed by atoms with Gasteiger partial charge < -0.3 is 5.32 Å². The Kier molecular flexibility index (Phi) is 5.03. The zero-order chi connectivity index (χ0) is 11.2. The molecule has 0 atom stereocenters. The standard InChI is InChI=1S/C12H17BrN2S/c13-12-5-4-11(16-12)3-1-8-15-9-2-6-14-7-10-15/h1,3-5,14H,2,6-10H2/b3-1+. The first-order valence-corrected chi connectivity index (χ1v) is 7.30. The number of hydrogen-bond donors (Lipinski definition) is 1. The number of hydrogen-bond acceptors (Lipinski definition) is 3. The molecule has 2 nitrogen and oxygen atoms in total. The number of rotatable bonds is 3. The highest BCUT2D eigenvalue weighted by molar-refractivity contribution is 9.11. The summed E-state index contributed by atoms with van der Waals surface area (Å²) in [5.74, 6) is 0. The van der Waals surface area contributed by atoms with Crippen molar-refractivity contribution in [3.63, 3.8) is 0 Å². The first-order valence-electron chi connectivity index (χ1n) is 5.69. The van der Waals surface area contributed by atoms with E-state index >= 15 is 0 Å². The second-order valence-corrected chi connectivity index (χ2v) is 6.44. The van der Waals surface area contributed by atoms with E-state index in [1.54, 1.807) is 11.3 Å². The maximum atomic E-state index is 3.48. The van der Waals surface area contributed by atoms with Gasteiger partial charge in [0.15, 0.2) is 0 Å². The summed E-state index contributed by atoms with van der Waals surface area (Å²) < 4.78 is 1.20. The summed E-state index contributed by atoms with van der Waals surface area (Å²) >= 11 is 5.25. The minimum atomic E-state index is 1.07. The highest BCUT2D eigenvalue weighted by Crippen LogP contribution is 2.22. The molecule has 0 aliphatic carbocycles. The van der Waals surface area contributed by atoms with Gasteiger partial charge in [-0.2, -0.15) is 0 Å². The van der Waals surface area contributed by atoms with Gasteiger partial charge in [-0.3, -0.25) is 4.90 Å². The molecule has 1 aromatic heterocycles. The van der Waals surface area contributed by atoms with E-state index in [1.165, 1.54) is 28.2 Å². The third-order valence-electron chi connectivity index (χ3n) is 2.67. The van der Waals surface area contributed by atoms with Crippen molar-refractivity contribution in [2.75, 3.05) is 32.7 Å². The van der Waals surface area contributed by atoms with E-state index in [4.69, 9.17) is 0 Å². The van der Waals surface area contributed by atoms with Crippen molar-refractivity contribution in [3.8, 4) is 0 Å². The van der Waals surface area contributed by atoms with Crippen LogP contribution >= 0.6 is 27.3 Å². The zero-order valence-electron chi connectivity index (χ0n) is 9.29. The number of thiophene rings is 1. The molecule has 2 heterocycles. The summed E-state index contributed by atoms with van der Waals surface area (Å²) in [6.45, 7) is 5.73. The lowest BCUT2D eigenvalue weighted by Gasteiger charge is -2.16. The van der Waals surface area contributed by atoms with E-state index in [9.17, 15) is 0 Å². The van der Waals surface area contributed by atoms with Crippen LogP contribution in [0.1, 0.15) is 11.3 Å². The van der Waals surface area contributed by atoms with Crippen molar-refractivity contribution < 1.29 is 0 Å². The SMILES string of the molecule is Brc1ccc(/C=C/CN2CCCNCC2)s1. The van der Waals surface area contributed by atoms with Crippen molar-refractivity contribution >= 4 is 33.3 Å². The predicted molar refractivity (Wildman–Crippen MR) is 75.0 cm³/mol. The van der Waals surface area contributed by atoms with Crippen LogP contribution < -0.4 is 5.32 Å². The van der Waals surface area contributed by atoms with Crippen molar-refractivity contribution in [1.29, 1.82) is 0 Å². The van der Waals surface area contributed by atoms with Crippen LogP contribution in [0.5, 0.6) is 0 Å². The molecule has 1 aromatic rings. The van der Waals surface area contributed by atoms with E-state index < -0.39 is 0 Å². The molecular formula is C12H17BrN2S. The summed E-state index contributed by atoms with van der Waals surface area (Å²) in [6.07, 6.45) is 5.75. The van der Waals surface area contributed by atoms with Crippen molar-refractivity contribution in [2.24, 2.45) is 0 Å². The molecule has 0 spiro atoms. The molecule has 1 N–H and O–H groups in total. The number of nitrogens with zero attached hydrogens (tertiary/aromatic N) is 1. The fraction of sp³-hybridized carbons (Fsp3) is 0.500. The topological polar surface area (TPSA) is 15.3 Å². The van der Waals surface area contributed by atoms with Crippen LogP contribution in [0.25, 0.3) is 6.08 Å². The summed E-state index contributed by atoms with van der Waals surface area (Å²) in [4.78, 5) is 3.82. The van der Waals surface area contributed by atoms with Crippen LogP contribution in [0.2, 0.25) is 0 Å². The molecule has 0 aromatic carbocycles. The minimum Gasteiger partial charge on any atom is -0.315 e. The molecule has 1 saturated heterocycles. The molecule has 0 amide bonds. The Morgan fingerprint density at radius 3 is 3.12 bits per heavy atom. The van der Waals surface area contributed by atoms with Crippen LogP contribution in [-0.2, 0) is 0 Å². The van der Waals surface area contributed by atoms with Gasteiger partial charge >= 0.3 is 0 Å². The first-order chi connectivity index (χ1) is 7.84. The van der Waals surface area contributed by atoms with Gasteiger partial charge in [0, 0.05) is 24.5 Å². The average molecular weight is 301 g/mol. The molecule has 1 fully saturated rings. The lowest BCUT2D eigenvalue weighted by atomic mass is 10.3. The highest BCUT2D eigenvalue weighted by atomic mass is 79.9. The van der Waals surface area contributed by atoms with E-state index in [0.29, 0.717) is 0 Å². The predicted octanol–water partition coefficient (Wildman–Crippen LogP) is 2.82. The molecule has 1 aliphatic heterocycles. The van der Waals surface area contributed by atoms with Gasteiger partial charge in [-0.05, 0) is 53.6 Å². The van der Waals surface area contributed by atoms with Crippen LogP contribution in [0, 0.1) is 0 Å². The Hall–Kier alpha value is -0.160. The first kappa shape index (κ1) is 12.3. The quantitative estimate of drug-likeness (QED) is 0.923. The van der Waals surface area contributed by atoms with E-state index in [0.717, 1.165) is 19.6 Å². The average Bonchev–Trinajstić information content (AvgIpc) is 2.54. The molecule has 1 aliphatic rings. The van der Waals surface area contributed by atoms with Crippen LogP contribution in [0.15, 0.2) is 22.0 Å². The lowest BCUT2D eigenvalue weighted by Crippen LogP contribution is -2.28. The summed E-state index contributed by atoms with van der Waals surface area (Å²) in [5.41, 5.74) is 0. The molecule has 88 valence electrons. The van der Waals surface area contributed by atoms with Gasteiger partial charge in [0.2, 0.25) is 0 Å². The van der Waals surface area contributed by atoms with Crippen LogP contribution in [0.4, 0.5) is 0 Å². The van der Waals surface area contributed by atoms with Crippen LogP contribution in [0.3, 0.4) is 0 Å². The molecule has 16 heavy (non-hydrogen) atoms. The Morgan fingerprint density at radius 1 is 1.38 bits per heavy atom. The molecule has 2 rings (SSSR count). The molecule has 0 unspecified atom stereocenters. The maximum Gasteiger partial charge on any atom is 0.0704 e. The summed E-state index contributed by atoms with van der Waals surface area (Å²) in [6, 6.07) is 4.25. The molecule has 0 bridgehead atoms. The monoisotopic (exact) mass is 300 g/mol. The zero-order valence-corrected chi connectivity index (χ0v) is 11.7. The van der Waals surface area contributed by atoms with Crippen molar-refractivity contribution in [3.05, 3.63) is 26.9 Å². The van der Waals surface area contributed by atoms with E-state index in [-0.39, 0.29) is 0 Å². The van der Waals surface area contributed by atoms with Gasteiger partial charge in [-0.15, -0.1) is 11.3 Å². The van der Waals surface area contributed by atoms with Gasteiger partial charge in [0.1, 0.15) is 0 Å². The van der Waals surface area contributed by atoms with E-state index in [2.05, 4.69) is 50.4 Å². The van der Waals surface area contributed by atoms with Crippen molar-refractivity contribution in [2.45, 2.75) is 6.42 Å². The van der Waals surface area contributed by atoms with Gasteiger partial charge in [-0.25, -0.2) is 0 Å². The highest BCUT2D eigenvalue weighted by Gasteiger charge is 2.05. The minimum absolute atomic E-state index is 1.07. The normalized spacial score (nSPS) is 19.1. The Labute approximate surface area is 109 Å². The smallest absolute Gasteiger partial charge is 0.0704 e. The van der Waals surface area contributed by atoms with Gasteiger partial charge in [-0.1, -0.05) is 6.08 Å². The third kappa shape index (κ3) is 4.01. The largest absolute Gasteiger partial charge is 0.315 e. The Morgan fingerprint density at radius 2 is 2.31 bits per heavy atom. The van der Waals surface area contributed by atoms with E-state index in [1.807, 2.05) is 0 Å². The molecule has 4 heteroatoms. The maximum absolute atomic E-state index is 3.48. The Bertz CT molecular complexity index is 341. The second kappa shape index (κ2) is 6.55. The summed E-state index contributed by atoms with van der Waals surface area (Å²) in [5, 5.41) is 3.42. The fourth-order valence-corrected chi connectivity index (χ4v) is 3.17. The number of halogens is 1. The number of nitrogens with one attached hydrogen (secondary N) is 1. The Balaban J connectivity index is 1.79. The molecule has 0 saturated carbocycles. The lowest BCUT2D eigenvalue weighted by molar-refractivity contribution is 0.324. The second-order valence-electron chi connectivity index (χ2n) is 3.95.